The van der Waals surface area contributed by atoms with Crippen molar-refractivity contribution in [3.63, 3.8) is 0 Å². The summed E-state index contributed by atoms with van der Waals surface area (Å²) < 4.78 is 1.55. The molecule has 0 spiro atoms. The van der Waals surface area contributed by atoms with Gasteiger partial charge < -0.3 is 0 Å². The summed E-state index contributed by atoms with van der Waals surface area (Å²) in [5, 5.41) is 14.6. The molecule has 0 saturated carbocycles. The molecule has 0 amide bonds. The molecule has 1 atom stereocenters. The fourth-order valence-electron chi connectivity index (χ4n) is 1.51. The molecule has 1 unspecified atom stereocenters. The average molecular weight is 195 g/mol. The highest BCUT2D eigenvalue weighted by molar-refractivity contribution is 5.35. The standard InChI is InChI=1S/C9H13N3O2/c1-4-5-7(2)9-8(12(13)14)6-10-11(9)3/h4,6-7H,1,5H2,2-3H3. The van der Waals surface area contributed by atoms with Gasteiger partial charge in [0.15, 0.2) is 0 Å². The fourth-order valence-corrected chi connectivity index (χ4v) is 1.51. The van der Waals surface area contributed by atoms with Crippen molar-refractivity contribution in [2.75, 3.05) is 0 Å². The molecule has 0 aliphatic heterocycles. The van der Waals surface area contributed by atoms with Crippen LogP contribution in [0.15, 0.2) is 18.9 Å². The lowest BCUT2D eigenvalue weighted by atomic mass is 10.0. The SMILES string of the molecule is C=CCC(C)c1c([N+](=O)[O-])cnn1C. The van der Waals surface area contributed by atoms with Crippen LogP contribution in [0.4, 0.5) is 5.69 Å². The molecule has 1 aromatic rings. The maximum Gasteiger partial charge on any atom is 0.310 e. The summed E-state index contributed by atoms with van der Waals surface area (Å²) in [4.78, 5) is 10.3. The number of hydrogen-bond donors (Lipinski definition) is 0. The van der Waals surface area contributed by atoms with E-state index in [0.717, 1.165) is 0 Å². The molecule has 0 aliphatic carbocycles. The van der Waals surface area contributed by atoms with Crippen LogP contribution in [-0.4, -0.2) is 14.7 Å². The first-order chi connectivity index (χ1) is 6.57. The second kappa shape index (κ2) is 4.04. The third-order valence-corrected chi connectivity index (χ3v) is 2.15. The van der Waals surface area contributed by atoms with E-state index in [9.17, 15) is 10.1 Å². The first kappa shape index (κ1) is 10.4. The highest BCUT2D eigenvalue weighted by Crippen LogP contribution is 2.27. The van der Waals surface area contributed by atoms with Crippen LogP contribution >= 0.6 is 0 Å². The smallest absolute Gasteiger partial charge is 0.265 e. The average Bonchev–Trinajstić information content (AvgIpc) is 2.47. The van der Waals surface area contributed by atoms with E-state index in [1.165, 1.54) is 6.20 Å². The van der Waals surface area contributed by atoms with Crippen molar-refractivity contribution in [3.8, 4) is 0 Å². The molecule has 0 aliphatic rings. The molecule has 76 valence electrons. The van der Waals surface area contributed by atoms with Crippen molar-refractivity contribution in [1.82, 2.24) is 9.78 Å². The third kappa shape index (κ3) is 1.81. The number of aromatic nitrogens is 2. The van der Waals surface area contributed by atoms with Crippen LogP contribution in [0.5, 0.6) is 0 Å². The molecule has 0 aromatic carbocycles. The Kier molecular flexibility index (Phi) is 3.01. The monoisotopic (exact) mass is 195 g/mol. The highest BCUT2D eigenvalue weighted by Gasteiger charge is 2.22. The molecule has 1 aromatic heterocycles. The fraction of sp³-hybridized carbons (Fsp3) is 0.444. The summed E-state index contributed by atoms with van der Waals surface area (Å²) in [7, 11) is 1.71. The van der Waals surface area contributed by atoms with E-state index in [-0.39, 0.29) is 11.6 Å². The van der Waals surface area contributed by atoms with E-state index in [1.807, 2.05) is 6.92 Å². The molecule has 5 nitrogen and oxygen atoms in total. The van der Waals surface area contributed by atoms with E-state index in [2.05, 4.69) is 11.7 Å². The minimum atomic E-state index is -0.401. The van der Waals surface area contributed by atoms with Crippen LogP contribution in [-0.2, 0) is 7.05 Å². The van der Waals surface area contributed by atoms with Gasteiger partial charge in [-0.15, -0.1) is 6.58 Å². The quantitative estimate of drug-likeness (QED) is 0.419. The number of nitrogens with zero attached hydrogens (tertiary/aromatic N) is 3. The van der Waals surface area contributed by atoms with Gasteiger partial charge in [-0.3, -0.25) is 14.8 Å². The number of rotatable bonds is 4. The molecule has 1 rings (SSSR count). The Bertz CT molecular complexity index is 357. The Morgan fingerprint density at radius 1 is 1.86 bits per heavy atom. The molecule has 1 heterocycles. The maximum absolute atomic E-state index is 10.7. The third-order valence-electron chi connectivity index (χ3n) is 2.15. The summed E-state index contributed by atoms with van der Waals surface area (Å²) >= 11 is 0. The minimum absolute atomic E-state index is 0.0698. The van der Waals surface area contributed by atoms with Crippen LogP contribution in [0, 0.1) is 10.1 Å². The molecule has 0 radical (unpaired) electrons. The van der Waals surface area contributed by atoms with Gasteiger partial charge in [0, 0.05) is 13.0 Å². The lowest BCUT2D eigenvalue weighted by Crippen LogP contribution is -2.04. The van der Waals surface area contributed by atoms with E-state index in [0.29, 0.717) is 12.1 Å². The first-order valence-corrected chi connectivity index (χ1v) is 4.35. The summed E-state index contributed by atoms with van der Waals surface area (Å²) in [5.74, 6) is 0.0698. The lowest BCUT2D eigenvalue weighted by Gasteiger charge is -2.08. The minimum Gasteiger partial charge on any atom is -0.265 e. The van der Waals surface area contributed by atoms with Gasteiger partial charge in [-0.1, -0.05) is 13.0 Å². The topological polar surface area (TPSA) is 61.0 Å². The van der Waals surface area contributed by atoms with Crippen LogP contribution < -0.4 is 0 Å². The van der Waals surface area contributed by atoms with Gasteiger partial charge in [0.2, 0.25) is 0 Å². The predicted octanol–water partition coefficient (Wildman–Crippen LogP) is 2.01. The maximum atomic E-state index is 10.7. The Balaban J connectivity index is 3.10. The van der Waals surface area contributed by atoms with Crippen LogP contribution in [0.3, 0.4) is 0 Å². The summed E-state index contributed by atoms with van der Waals surface area (Å²) in [6, 6.07) is 0. The van der Waals surface area contributed by atoms with Gasteiger partial charge in [-0.2, -0.15) is 5.10 Å². The van der Waals surface area contributed by atoms with E-state index < -0.39 is 4.92 Å². The van der Waals surface area contributed by atoms with Crippen molar-refractivity contribution in [2.45, 2.75) is 19.3 Å². The summed E-state index contributed by atoms with van der Waals surface area (Å²) in [6.45, 7) is 5.54. The Labute approximate surface area is 82.2 Å². The normalized spacial score (nSPS) is 12.4. The second-order valence-corrected chi connectivity index (χ2v) is 3.22. The van der Waals surface area contributed by atoms with Crippen molar-refractivity contribution in [3.05, 3.63) is 34.7 Å². The zero-order valence-electron chi connectivity index (χ0n) is 8.30. The molecular formula is C9H13N3O2. The van der Waals surface area contributed by atoms with E-state index >= 15 is 0 Å². The van der Waals surface area contributed by atoms with Crippen molar-refractivity contribution < 1.29 is 4.92 Å². The van der Waals surface area contributed by atoms with Gasteiger partial charge in [0.1, 0.15) is 11.9 Å². The van der Waals surface area contributed by atoms with Gasteiger partial charge in [-0.25, -0.2) is 0 Å². The molecular weight excluding hydrogens is 182 g/mol. The Morgan fingerprint density at radius 3 is 3.00 bits per heavy atom. The number of hydrogen-bond acceptors (Lipinski definition) is 3. The molecule has 0 saturated heterocycles. The summed E-state index contributed by atoms with van der Waals surface area (Å²) in [6.07, 6.45) is 3.75. The second-order valence-electron chi connectivity index (χ2n) is 3.22. The number of aryl methyl sites for hydroxylation is 1. The zero-order chi connectivity index (χ0) is 10.7. The van der Waals surface area contributed by atoms with E-state index in [1.54, 1.807) is 17.8 Å². The number of nitro groups is 1. The summed E-state index contributed by atoms with van der Waals surface area (Å²) in [5.41, 5.74) is 0.733. The number of allylic oxidation sites excluding steroid dienone is 1. The molecule has 5 heteroatoms. The molecule has 14 heavy (non-hydrogen) atoms. The van der Waals surface area contributed by atoms with Crippen LogP contribution in [0.1, 0.15) is 25.0 Å². The Morgan fingerprint density at radius 2 is 2.50 bits per heavy atom. The Hall–Kier alpha value is -1.65. The zero-order valence-corrected chi connectivity index (χ0v) is 8.30. The first-order valence-electron chi connectivity index (χ1n) is 4.35. The van der Waals surface area contributed by atoms with Gasteiger partial charge in [-0.05, 0) is 6.42 Å². The molecule has 0 N–H and O–H groups in total. The van der Waals surface area contributed by atoms with E-state index in [4.69, 9.17) is 0 Å². The predicted molar refractivity (Wildman–Crippen MR) is 53.1 cm³/mol. The lowest BCUT2D eigenvalue weighted by molar-refractivity contribution is -0.385. The molecule has 0 bridgehead atoms. The van der Waals surface area contributed by atoms with Gasteiger partial charge >= 0.3 is 5.69 Å². The molecule has 0 fully saturated rings. The van der Waals surface area contributed by atoms with Crippen molar-refractivity contribution in [1.29, 1.82) is 0 Å². The van der Waals surface area contributed by atoms with Gasteiger partial charge in [0.25, 0.3) is 0 Å². The van der Waals surface area contributed by atoms with Crippen molar-refractivity contribution in [2.24, 2.45) is 7.05 Å². The van der Waals surface area contributed by atoms with Crippen LogP contribution in [0.25, 0.3) is 0 Å². The van der Waals surface area contributed by atoms with Crippen molar-refractivity contribution >= 4 is 5.69 Å². The highest BCUT2D eigenvalue weighted by atomic mass is 16.6. The van der Waals surface area contributed by atoms with Gasteiger partial charge in [0.05, 0.1) is 4.92 Å². The largest absolute Gasteiger partial charge is 0.310 e. The van der Waals surface area contributed by atoms with Crippen LogP contribution in [0.2, 0.25) is 0 Å².